The fourth-order valence-electron chi connectivity index (χ4n) is 6.96. The average molecular weight is 395 g/mol. The summed E-state index contributed by atoms with van der Waals surface area (Å²) in [6.45, 7) is 4.27. The minimum Gasteiger partial charge on any atom is -0.312 e. The van der Waals surface area contributed by atoms with Gasteiger partial charge >= 0.3 is 0 Å². The fraction of sp³-hybridized carbons (Fsp3) is 1.00. The van der Waals surface area contributed by atoms with Crippen LogP contribution >= 0.6 is 0 Å². The molecule has 7 unspecified atom stereocenters. The van der Waals surface area contributed by atoms with Crippen LogP contribution in [0.1, 0.15) is 71.1 Å². The van der Waals surface area contributed by atoms with Gasteiger partial charge in [0.05, 0.1) is 12.8 Å². The lowest BCUT2D eigenvalue weighted by Gasteiger charge is -2.49. The van der Waals surface area contributed by atoms with E-state index in [2.05, 4.69) is 27.9 Å². The molecule has 2 bridgehead atoms. The Morgan fingerprint density at radius 2 is 1.86 bits per heavy atom. The number of hydroxylamine groups is 2. The molecule has 0 amide bonds. The lowest BCUT2D eigenvalue weighted by atomic mass is 9.71. The van der Waals surface area contributed by atoms with Gasteiger partial charge < -0.3 is 10.6 Å². The molecular weight excluding hydrogens is 355 g/mol. The summed E-state index contributed by atoms with van der Waals surface area (Å²) < 4.78 is 14.4. The van der Waals surface area contributed by atoms with Crippen molar-refractivity contribution in [3.8, 4) is 0 Å². The zero-order valence-electron chi connectivity index (χ0n) is 17.4. The van der Waals surface area contributed by atoms with Crippen molar-refractivity contribution in [3.63, 3.8) is 0 Å². The molecule has 3 N–H and O–H groups in total. The Bertz CT molecular complexity index is 537. The molecule has 4 saturated heterocycles. The Kier molecular flexibility index (Phi) is 5.95. The van der Waals surface area contributed by atoms with Gasteiger partial charge in [0.25, 0.3) is 0 Å². The van der Waals surface area contributed by atoms with Crippen LogP contribution in [-0.4, -0.2) is 60.8 Å². The molecule has 4 aliphatic heterocycles. The van der Waals surface area contributed by atoms with Crippen molar-refractivity contribution in [1.29, 1.82) is 0 Å². The standard InChI is InChI=1S/C22H39FN4O/c1-14-3-2-4-15-5-6-16(23)13-17(15)20-10-12-28-27(20)21-8-7-18-22(26-21)19(25-14)9-11-24-18/h14-22,24-26H,2-13H2,1H3/t14-,15?,16?,17?,18?,19?,20-,21?,22?/m1/s1. The second kappa shape index (κ2) is 8.46. The number of hydrogen-bond donors (Lipinski definition) is 3. The number of piperidine rings is 2. The molecule has 0 aromatic carbocycles. The van der Waals surface area contributed by atoms with Crippen molar-refractivity contribution >= 4 is 0 Å². The first-order valence-corrected chi connectivity index (χ1v) is 12.0. The molecule has 5 aliphatic rings. The van der Waals surface area contributed by atoms with E-state index in [4.69, 9.17) is 4.84 Å². The highest BCUT2D eigenvalue weighted by atomic mass is 19.1. The highest BCUT2D eigenvalue weighted by molar-refractivity contribution is 5.02. The molecule has 0 spiro atoms. The van der Waals surface area contributed by atoms with E-state index in [0.29, 0.717) is 42.0 Å². The number of hydrogen-bond acceptors (Lipinski definition) is 5. The molecule has 0 aromatic rings. The van der Waals surface area contributed by atoms with Gasteiger partial charge in [-0.25, -0.2) is 4.39 Å². The number of halogens is 1. The summed E-state index contributed by atoms with van der Waals surface area (Å²) >= 11 is 0. The van der Waals surface area contributed by atoms with Crippen LogP contribution in [0.15, 0.2) is 0 Å². The predicted molar refractivity (Wildman–Crippen MR) is 109 cm³/mol. The highest BCUT2D eigenvalue weighted by Gasteiger charge is 2.46. The summed E-state index contributed by atoms with van der Waals surface area (Å²) in [7, 11) is 0. The number of fused-ring (bicyclic) bond motifs is 5. The first-order valence-electron chi connectivity index (χ1n) is 12.0. The van der Waals surface area contributed by atoms with Gasteiger partial charge in [-0.15, -0.1) is 0 Å². The fourth-order valence-corrected chi connectivity index (χ4v) is 6.96. The largest absolute Gasteiger partial charge is 0.312 e. The van der Waals surface area contributed by atoms with Crippen molar-refractivity contribution in [2.45, 2.75) is 114 Å². The van der Waals surface area contributed by atoms with Gasteiger partial charge in [0.1, 0.15) is 6.17 Å². The van der Waals surface area contributed by atoms with E-state index in [9.17, 15) is 4.39 Å². The Balaban J connectivity index is 1.41. The molecule has 1 aliphatic carbocycles. The van der Waals surface area contributed by atoms with Crippen LogP contribution in [0, 0.1) is 11.8 Å². The quantitative estimate of drug-likeness (QED) is 0.590. The molecule has 5 nitrogen and oxygen atoms in total. The molecule has 1 saturated carbocycles. The lowest BCUT2D eigenvalue weighted by Crippen LogP contribution is -2.70. The summed E-state index contributed by atoms with van der Waals surface area (Å²) in [5.74, 6) is 1.12. The van der Waals surface area contributed by atoms with Gasteiger partial charge in [-0.2, -0.15) is 5.06 Å². The van der Waals surface area contributed by atoms with E-state index in [0.717, 1.165) is 45.3 Å². The van der Waals surface area contributed by atoms with E-state index in [1.54, 1.807) is 0 Å². The van der Waals surface area contributed by atoms with E-state index in [1.165, 1.54) is 32.1 Å². The Morgan fingerprint density at radius 1 is 0.929 bits per heavy atom. The summed E-state index contributed by atoms with van der Waals surface area (Å²) in [5.41, 5.74) is 0. The summed E-state index contributed by atoms with van der Waals surface area (Å²) in [6.07, 6.45) is 10.5. The second-order valence-corrected chi connectivity index (χ2v) is 10.1. The molecule has 9 atom stereocenters. The Hall–Kier alpha value is -0.270. The zero-order valence-corrected chi connectivity index (χ0v) is 17.4. The van der Waals surface area contributed by atoms with Crippen molar-refractivity contribution in [3.05, 3.63) is 0 Å². The molecule has 28 heavy (non-hydrogen) atoms. The number of nitrogens with zero attached hydrogens (tertiary/aromatic N) is 1. The van der Waals surface area contributed by atoms with Crippen LogP contribution in [0.5, 0.6) is 0 Å². The van der Waals surface area contributed by atoms with E-state index < -0.39 is 6.17 Å². The van der Waals surface area contributed by atoms with Gasteiger partial charge in [-0.1, -0.05) is 12.8 Å². The van der Waals surface area contributed by atoms with E-state index in [1.807, 2.05) is 0 Å². The lowest BCUT2D eigenvalue weighted by molar-refractivity contribution is -0.195. The minimum absolute atomic E-state index is 0.273. The maximum Gasteiger partial charge on any atom is 0.100 e. The van der Waals surface area contributed by atoms with Crippen LogP contribution in [0.25, 0.3) is 0 Å². The molecule has 0 aromatic heterocycles. The van der Waals surface area contributed by atoms with Gasteiger partial charge in [-0.05, 0) is 76.7 Å². The van der Waals surface area contributed by atoms with Gasteiger partial charge in [0.15, 0.2) is 0 Å². The third-order valence-electron chi connectivity index (χ3n) is 8.34. The molecule has 0 radical (unpaired) electrons. The van der Waals surface area contributed by atoms with Crippen LogP contribution in [0.4, 0.5) is 4.39 Å². The number of alkyl halides is 1. The smallest absolute Gasteiger partial charge is 0.100 e. The number of nitrogens with one attached hydrogen (secondary N) is 3. The summed E-state index contributed by atoms with van der Waals surface area (Å²) in [5, 5.41) is 14.0. The molecule has 6 heteroatoms. The van der Waals surface area contributed by atoms with Crippen LogP contribution in [-0.2, 0) is 4.84 Å². The molecule has 4 heterocycles. The SMILES string of the molecule is C[C@@H]1CCCC2CCC(F)CC2[C@H]2CCON2C2CCC3NCCC(N1)C3N2. The second-order valence-electron chi connectivity index (χ2n) is 10.1. The van der Waals surface area contributed by atoms with Crippen LogP contribution in [0.2, 0.25) is 0 Å². The number of rotatable bonds is 0. The zero-order chi connectivity index (χ0) is 19.1. The molecule has 160 valence electrons. The first-order chi connectivity index (χ1) is 13.7. The maximum absolute atomic E-state index is 14.4. The van der Waals surface area contributed by atoms with E-state index >= 15 is 0 Å². The van der Waals surface area contributed by atoms with E-state index in [-0.39, 0.29) is 6.17 Å². The van der Waals surface area contributed by atoms with Gasteiger partial charge in [0, 0.05) is 30.2 Å². The van der Waals surface area contributed by atoms with Gasteiger partial charge in [0.2, 0.25) is 0 Å². The Morgan fingerprint density at radius 3 is 2.79 bits per heavy atom. The predicted octanol–water partition coefficient (Wildman–Crippen LogP) is 2.72. The first kappa shape index (κ1) is 19.7. The monoisotopic (exact) mass is 394 g/mol. The van der Waals surface area contributed by atoms with Crippen molar-refractivity contribution < 1.29 is 9.23 Å². The summed E-state index contributed by atoms with van der Waals surface area (Å²) in [4.78, 5) is 6.21. The van der Waals surface area contributed by atoms with Crippen molar-refractivity contribution in [2.75, 3.05) is 13.2 Å². The average Bonchev–Trinajstić information content (AvgIpc) is 3.18. The minimum atomic E-state index is -0.615. The van der Waals surface area contributed by atoms with Crippen molar-refractivity contribution in [2.24, 2.45) is 11.8 Å². The van der Waals surface area contributed by atoms with Crippen LogP contribution < -0.4 is 16.0 Å². The highest BCUT2D eigenvalue weighted by Crippen LogP contribution is 2.42. The normalized spacial score (nSPS) is 50.6. The third kappa shape index (κ3) is 3.87. The molecule has 5 rings (SSSR count). The summed E-state index contributed by atoms with van der Waals surface area (Å²) in [6, 6.07) is 2.48. The molecule has 5 fully saturated rings. The topological polar surface area (TPSA) is 48.6 Å². The van der Waals surface area contributed by atoms with Gasteiger partial charge in [-0.3, -0.25) is 10.2 Å². The molecular formula is C22H39FN4O. The maximum atomic E-state index is 14.4. The van der Waals surface area contributed by atoms with Crippen LogP contribution in [0.3, 0.4) is 0 Å². The van der Waals surface area contributed by atoms with Crippen molar-refractivity contribution in [1.82, 2.24) is 21.0 Å². The third-order valence-corrected chi connectivity index (χ3v) is 8.34. The Labute approximate surface area is 169 Å².